The molecule has 1 aliphatic rings. The fourth-order valence-electron chi connectivity index (χ4n) is 2.31. The first kappa shape index (κ1) is 15.4. The SMILES string of the molecule is CC(C)(C)NC(=O)N1CCN(C(=O)Cc2ccc[nH]2)CC1. The summed E-state index contributed by atoms with van der Waals surface area (Å²) in [6.07, 6.45) is 2.21. The molecule has 0 aromatic carbocycles. The number of urea groups is 1. The second-order valence-electron chi connectivity index (χ2n) is 6.42. The van der Waals surface area contributed by atoms with Gasteiger partial charge in [0.1, 0.15) is 0 Å². The molecule has 2 heterocycles. The number of H-pyrrole nitrogens is 1. The number of aromatic nitrogens is 1. The fraction of sp³-hybridized carbons (Fsp3) is 0.600. The first-order chi connectivity index (χ1) is 9.85. The van der Waals surface area contributed by atoms with Crippen molar-refractivity contribution in [3.63, 3.8) is 0 Å². The smallest absolute Gasteiger partial charge is 0.317 e. The van der Waals surface area contributed by atoms with E-state index >= 15 is 0 Å². The van der Waals surface area contributed by atoms with Gasteiger partial charge in [-0.25, -0.2) is 4.79 Å². The number of carbonyl (C=O) groups excluding carboxylic acids is 2. The van der Waals surface area contributed by atoms with Crippen LogP contribution in [-0.4, -0.2) is 58.4 Å². The molecule has 116 valence electrons. The molecule has 6 nitrogen and oxygen atoms in total. The molecule has 1 aromatic rings. The summed E-state index contributed by atoms with van der Waals surface area (Å²) in [5, 5.41) is 2.95. The van der Waals surface area contributed by atoms with E-state index in [-0.39, 0.29) is 17.5 Å². The van der Waals surface area contributed by atoms with E-state index in [9.17, 15) is 9.59 Å². The largest absolute Gasteiger partial charge is 0.365 e. The third-order valence-electron chi connectivity index (χ3n) is 3.41. The van der Waals surface area contributed by atoms with Crippen molar-refractivity contribution in [3.05, 3.63) is 24.0 Å². The maximum Gasteiger partial charge on any atom is 0.317 e. The zero-order valence-corrected chi connectivity index (χ0v) is 13.0. The molecule has 1 fully saturated rings. The predicted molar refractivity (Wildman–Crippen MR) is 80.9 cm³/mol. The van der Waals surface area contributed by atoms with Gasteiger partial charge in [-0.3, -0.25) is 4.79 Å². The van der Waals surface area contributed by atoms with Gasteiger partial charge in [0.05, 0.1) is 6.42 Å². The van der Waals surface area contributed by atoms with Crippen LogP contribution in [0.4, 0.5) is 4.79 Å². The molecule has 1 saturated heterocycles. The molecule has 2 rings (SSSR count). The first-order valence-corrected chi connectivity index (χ1v) is 7.32. The van der Waals surface area contributed by atoms with Crippen LogP contribution < -0.4 is 5.32 Å². The van der Waals surface area contributed by atoms with Gasteiger partial charge in [-0.15, -0.1) is 0 Å². The third-order valence-corrected chi connectivity index (χ3v) is 3.41. The van der Waals surface area contributed by atoms with E-state index in [1.165, 1.54) is 0 Å². The van der Waals surface area contributed by atoms with Gasteiger partial charge in [0.25, 0.3) is 0 Å². The summed E-state index contributed by atoms with van der Waals surface area (Å²) >= 11 is 0. The van der Waals surface area contributed by atoms with Crippen molar-refractivity contribution in [3.8, 4) is 0 Å². The van der Waals surface area contributed by atoms with Crippen LogP contribution >= 0.6 is 0 Å². The number of rotatable bonds is 2. The number of nitrogens with one attached hydrogen (secondary N) is 2. The quantitative estimate of drug-likeness (QED) is 0.860. The standard InChI is InChI=1S/C15H24N4O2/c1-15(2,3)17-14(21)19-9-7-18(8-10-19)13(20)11-12-5-4-6-16-12/h4-6,16H,7-11H2,1-3H3,(H,17,21). The van der Waals surface area contributed by atoms with Crippen LogP contribution in [-0.2, 0) is 11.2 Å². The highest BCUT2D eigenvalue weighted by Gasteiger charge is 2.26. The van der Waals surface area contributed by atoms with Crippen molar-refractivity contribution in [2.24, 2.45) is 0 Å². The molecule has 6 heteroatoms. The molecule has 0 bridgehead atoms. The zero-order chi connectivity index (χ0) is 15.5. The van der Waals surface area contributed by atoms with Crippen molar-refractivity contribution in [1.29, 1.82) is 0 Å². The van der Waals surface area contributed by atoms with Crippen LogP contribution in [0.15, 0.2) is 18.3 Å². The van der Waals surface area contributed by atoms with E-state index in [4.69, 9.17) is 0 Å². The molecule has 3 amide bonds. The molecule has 0 unspecified atom stereocenters. The number of hydrogen-bond donors (Lipinski definition) is 2. The first-order valence-electron chi connectivity index (χ1n) is 7.32. The minimum Gasteiger partial charge on any atom is -0.365 e. The Bertz CT molecular complexity index is 482. The lowest BCUT2D eigenvalue weighted by atomic mass is 10.1. The third kappa shape index (κ3) is 4.51. The highest BCUT2D eigenvalue weighted by atomic mass is 16.2. The van der Waals surface area contributed by atoms with Gasteiger partial charge in [0, 0.05) is 43.6 Å². The normalized spacial score (nSPS) is 16.0. The van der Waals surface area contributed by atoms with E-state index in [0.717, 1.165) is 5.69 Å². The Kier molecular flexibility index (Phi) is 4.55. The molecule has 0 radical (unpaired) electrons. The maximum atomic E-state index is 12.2. The number of hydrogen-bond acceptors (Lipinski definition) is 2. The summed E-state index contributed by atoms with van der Waals surface area (Å²) in [4.78, 5) is 30.8. The van der Waals surface area contributed by atoms with E-state index in [1.807, 2.05) is 44.0 Å². The van der Waals surface area contributed by atoms with Crippen LogP contribution in [0.1, 0.15) is 26.5 Å². The van der Waals surface area contributed by atoms with E-state index in [2.05, 4.69) is 10.3 Å². The Hall–Kier alpha value is -1.98. The van der Waals surface area contributed by atoms with Crippen LogP contribution in [0.25, 0.3) is 0 Å². The minimum atomic E-state index is -0.238. The molecule has 2 N–H and O–H groups in total. The van der Waals surface area contributed by atoms with Crippen molar-refractivity contribution in [2.75, 3.05) is 26.2 Å². The van der Waals surface area contributed by atoms with Crippen molar-refractivity contribution < 1.29 is 9.59 Å². The van der Waals surface area contributed by atoms with Crippen LogP contribution in [0.2, 0.25) is 0 Å². The second kappa shape index (κ2) is 6.20. The van der Waals surface area contributed by atoms with Gasteiger partial charge in [-0.2, -0.15) is 0 Å². The van der Waals surface area contributed by atoms with E-state index < -0.39 is 0 Å². The number of piperazine rings is 1. The molecular formula is C15H24N4O2. The lowest BCUT2D eigenvalue weighted by molar-refractivity contribution is -0.131. The summed E-state index contributed by atoms with van der Waals surface area (Å²) in [6.45, 7) is 8.23. The minimum absolute atomic E-state index is 0.0565. The zero-order valence-electron chi connectivity index (χ0n) is 13.0. The second-order valence-corrected chi connectivity index (χ2v) is 6.42. The molecule has 0 saturated carbocycles. The molecule has 1 aromatic heterocycles. The Labute approximate surface area is 125 Å². The average Bonchev–Trinajstić information content (AvgIpc) is 2.90. The maximum absolute atomic E-state index is 12.2. The summed E-state index contributed by atoms with van der Waals surface area (Å²) in [5.74, 6) is 0.105. The predicted octanol–water partition coefficient (Wildman–Crippen LogP) is 1.21. The number of carbonyl (C=O) groups is 2. The summed E-state index contributed by atoms with van der Waals surface area (Å²) < 4.78 is 0. The lowest BCUT2D eigenvalue weighted by Crippen LogP contribution is -2.56. The van der Waals surface area contributed by atoms with Gasteiger partial charge in [-0.1, -0.05) is 0 Å². The van der Waals surface area contributed by atoms with Crippen molar-refractivity contribution in [1.82, 2.24) is 20.1 Å². The topological polar surface area (TPSA) is 68.4 Å². The van der Waals surface area contributed by atoms with Crippen LogP contribution in [0.3, 0.4) is 0 Å². The Balaban J connectivity index is 1.80. The highest BCUT2D eigenvalue weighted by molar-refractivity contribution is 5.79. The van der Waals surface area contributed by atoms with Gasteiger partial charge in [0.15, 0.2) is 0 Å². The van der Waals surface area contributed by atoms with Crippen molar-refractivity contribution in [2.45, 2.75) is 32.7 Å². The average molecular weight is 292 g/mol. The Morgan fingerprint density at radius 2 is 1.81 bits per heavy atom. The molecule has 1 aliphatic heterocycles. The van der Waals surface area contributed by atoms with E-state index in [1.54, 1.807) is 4.90 Å². The van der Waals surface area contributed by atoms with Gasteiger partial charge < -0.3 is 20.1 Å². The Morgan fingerprint density at radius 1 is 1.19 bits per heavy atom. The number of aromatic amines is 1. The molecular weight excluding hydrogens is 268 g/mol. The molecule has 0 aliphatic carbocycles. The number of nitrogens with zero attached hydrogens (tertiary/aromatic N) is 2. The summed E-state index contributed by atoms with van der Waals surface area (Å²) in [5.41, 5.74) is 0.686. The monoisotopic (exact) mass is 292 g/mol. The van der Waals surface area contributed by atoms with Gasteiger partial charge >= 0.3 is 6.03 Å². The molecule has 0 atom stereocenters. The highest BCUT2D eigenvalue weighted by Crippen LogP contribution is 2.08. The summed E-state index contributed by atoms with van der Waals surface area (Å²) in [6, 6.07) is 3.74. The van der Waals surface area contributed by atoms with Crippen molar-refractivity contribution >= 4 is 11.9 Å². The molecule has 0 spiro atoms. The fourth-order valence-corrected chi connectivity index (χ4v) is 2.31. The molecule has 21 heavy (non-hydrogen) atoms. The Morgan fingerprint density at radius 3 is 2.33 bits per heavy atom. The van der Waals surface area contributed by atoms with Gasteiger partial charge in [0.2, 0.25) is 5.91 Å². The number of amides is 3. The van der Waals surface area contributed by atoms with Crippen LogP contribution in [0, 0.1) is 0 Å². The van der Waals surface area contributed by atoms with Gasteiger partial charge in [-0.05, 0) is 32.9 Å². The van der Waals surface area contributed by atoms with E-state index in [0.29, 0.717) is 32.6 Å². The summed E-state index contributed by atoms with van der Waals surface area (Å²) in [7, 11) is 0. The lowest BCUT2D eigenvalue weighted by Gasteiger charge is -2.36. The van der Waals surface area contributed by atoms with Crippen LogP contribution in [0.5, 0.6) is 0 Å².